The highest BCUT2D eigenvalue weighted by Crippen LogP contribution is 2.24. The SMILES string of the molecule is Cc1cccc(CO)c1NC1CCN(CC=O)CC1. The van der Waals surface area contributed by atoms with Crippen molar-refractivity contribution in [2.75, 3.05) is 25.0 Å². The van der Waals surface area contributed by atoms with E-state index in [1.165, 1.54) is 5.56 Å². The molecule has 0 bridgehead atoms. The zero-order chi connectivity index (χ0) is 13.7. The Balaban J connectivity index is 1.97. The van der Waals surface area contributed by atoms with Gasteiger partial charge in [0, 0.05) is 30.4 Å². The lowest BCUT2D eigenvalue weighted by atomic mass is 10.0. The molecule has 0 unspecified atom stereocenters. The Bertz CT molecular complexity index is 426. The summed E-state index contributed by atoms with van der Waals surface area (Å²) in [4.78, 5) is 12.7. The first kappa shape index (κ1) is 14.0. The molecule has 1 aliphatic rings. The molecule has 4 nitrogen and oxygen atoms in total. The van der Waals surface area contributed by atoms with Gasteiger partial charge in [0.1, 0.15) is 6.29 Å². The van der Waals surface area contributed by atoms with Crippen molar-refractivity contribution in [2.45, 2.75) is 32.4 Å². The van der Waals surface area contributed by atoms with Crippen LogP contribution in [0.25, 0.3) is 0 Å². The van der Waals surface area contributed by atoms with E-state index in [4.69, 9.17) is 0 Å². The number of carbonyl (C=O) groups is 1. The first-order valence-electron chi connectivity index (χ1n) is 6.86. The average molecular weight is 262 g/mol. The summed E-state index contributed by atoms with van der Waals surface area (Å²) in [7, 11) is 0. The van der Waals surface area contributed by atoms with Gasteiger partial charge < -0.3 is 15.2 Å². The van der Waals surface area contributed by atoms with Crippen molar-refractivity contribution in [1.82, 2.24) is 4.90 Å². The lowest BCUT2D eigenvalue weighted by molar-refractivity contribution is -0.109. The number of anilines is 1. The number of carbonyl (C=O) groups excluding carboxylic acids is 1. The minimum Gasteiger partial charge on any atom is -0.392 e. The number of benzene rings is 1. The summed E-state index contributed by atoms with van der Waals surface area (Å²) in [5, 5.41) is 13.0. The molecule has 0 spiro atoms. The second-order valence-corrected chi connectivity index (χ2v) is 5.15. The molecule has 0 aliphatic carbocycles. The molecular formula is C15H22N2O2. The summed E-state index contributed by atoms with van der Waals surface area (Å²) in [6.45, 7) is 4.57. The van der Waals surface area contributed by atoms with Gasteiger partial charge in [0.25, 0.3) is 0 Å². The first-order chi connectivity index (χ1) is 9.24. The predicted molar refractivity (Wildman–Crippen MR) is 76.3 cm³/mol. The zero-order valence-electron chi connectivity index (χ0n) is 11.4. The summed E-state index contributed by atoms with van der Waals surface area (Å²) in [5.74, 6) is 0. The van der Waals surface area contributed by atoms with Crippen molar-refractivity contribution < 1.29 is 9.90 Å². The molecule has 1 aromatic carbocycles. The Morgan fingerprint density at radius 3 is 2.79 bits per heavy atom. The van der Waals surface area contributed by atoms with Crippen LogP contribution in [0.1, 0.15) is 24.0 Å². The Hall–Kier alpha value is -1.39. The Morgan fingerprint density at radius 2 is 2.16 bits per heavy atom. The minimum atomic E-state index is 0.0635. The van der Waals surface area contributed by atoms with Crippen LogP contribution in [0.2, 0.25) is 0 Å². The fraction of sp³-hybridized carbons (Fsp3) is 0.533. The molecular weight excluding hydrogens is 240 g/mol. The van der Waals surface area contributed by atoms with E-state index in [2.05, 4.69) is 23.2 Å². The number of hydrogen-bond acceptors (Lipinski definition) is 4. The van der Waals surface area contributed by atoms with E-state index in [1.54, 1.807) is 0 Å². The number of nitrogens with one attached hydrogen (secondary N) is 1. The fourth-order valence-electron chi connectivity index (χ4n) is 2.64. The number of piperidine rings is 1. The van der Waals surface area contributed by atoms with Crippen LogP contribution in [-0.4, -0.2) is 42.0 Å². The highest BCUT2D eigenvalue weighted by Gasteiger charge is 2.19. The monoisotopic (exact) mass is 262 g/mol. The molecule has 2 N–H and O–H groups in total. The number of hydrogen-bond donors (Lipinski definition) is 2. The predicted octanol–water partition coefficient (Wildman–Crippen LogP) is 1.56. The molecule has 104 valence electrons. The summed E-state index contributed by atoms with van der Waals surface area (Å²) < 4.78 is 0. The molecule has 0 saturated carbocycles. The Morgan fingerprint density at radius 1 is 1.42 bits per heavy atom. The van der Waals surface area contributed by atoms with E-state index < -0.39 is 0 Å². The number of para-hydroxylation sites is 1. The van der Waals surface area contributed by atoms with Gasteiger partial charge in [-0.3, -0.25) is 4.90 Å². The van der Waals surface area contributed by atoms with Gasteiger partial charge in [0.2, 0.25) is 0 Å². The van der Waals surface area contributed by atoms with Crippen LogP contribution in [0.15, 0.2) is 18.2 Å². The first-order valence-corrected chi connectivity index (χ1v) is 6.86. The largest absolute Gasteiger partial charge is 0.392 e. The highest BCUT2D eigenvalue weighted by atomic mass is 16.3. The van der Waals surface area contributed by atoms with Crippen LogP contribution in [0, 0.1) is 6.92 Å². The normalized spacial score (nSPS) is 17.4. The lowest BCUT2D eigenvalue weighted by Gasteiger charge is -2.32. The maximum atomic E-state index is 10.5. The Labute approximate surface area is 114 Å². The van der Waals surface area contributed by atoms with Crippen LogP contribution in [-0.2, 0) is 11.4 Å². The van der Waals surface area contributed by atoms with E-state index in [-0.39, 0.29) is 6.61 Å². The number of aliphatic hydroxyl groups is 1. The average Bonchev–Trinajstić information content (AvgIpc) is 2.43. The van der Waals surface area contributed by atoms with Gasteiger partial charge in [-0.05, 0) is 25.3 Å². The van der Waals surface area contributed by atoms with Gasteiger partial charge in [-0.2, -0.15) is 0 Å². The second kappa shape index (κ2) is 6.68. The molecule has 0 aromatic heterocycles. The standard InChI is InChI=1S/C15H22N2O2/c1-12-3-2-4-13(11-19)15(12)16-14-5-7-17(8-6-14)9-10-18/h2-4,10,14,16,19H,5-9,11H2,1H3. The molecule has 1 aromatic rings. The third-order valence-electron chi connectivity index (χ3n) is 3.80. The van der Waals surface area contributed by atoms with Crippen molar-refractivity contribution in [1.29, 1.82) is 0 Å². The summed E-state index contributed by atoms with van der Waals surface area (Å²) in [6, 6.07) is 6.41. The number of likely N-dealkylation sites (tertiary alicyclic amines) is 1. The van der Waals surface area contributed by atoms with Crippen LogP contribution in [0.4, 0.5) is 5.69 Å². The van der Waals surface area contributed by atoms with E-state index in [9.17, 15) is 9.90 Å². The van der Waals surface area contributed by atoms with Crippen molar-refractivity contribution in [2.24, 2.45) is 0 Å². The van der Waals surface area contributed by atoms with Crippen LogP contribution < -0.4 is 5.32 Å². The maximum absolute atomic E-state index is 10.5. The van der Waals surface area contributed by atoms with Crippen LogP contribution >= 0.6 is 0 Å². The van der Waals surface area contributed by atoms with Crippen LogP contribution in [0.5, 0.6) is 0 Å². The third-order valence-corrected chi connectivity index (χ3v) is 3.80. The van der Waals surface area contributed by atoms with Crippen molar-refractivity contribution in [3.8, 4) is 0 Å². The summed E-state index contributed by atoms with van der Waals surface area (Å²) >= 11 is 0. The smallest absolute Gasteiger partial charge is 0.133 e. The second-order valence-electron chi connectivity index (χ2n) is 5.15. The third kappa shape index (κ3) is 3.55. The molecule has 0 atom stereocenters. The quantitative estimate of drug-likeness (QED) is 0.791. The van der Waals surface area contributed by atoms with Gasteiger partial charge in [0.15, 0.2) is 0 Å². The molecule has 19 heavy (non-hydrogen) atoms. The van der Waals surface area contributed by atoms with Gasteiger partial charge in [-0.15, -0.1) is 0 Å². The Kier molecular flexibility index (Phi) is 4.93. The van der Waals surface area contributed by atoms with E-state index in [1.807, 2.05) is 12.1 Å². The fourth-order valence-corrected chi connectivity index (χ4v) is 2.64. The molecule has 1 heterocycles. The molecule has 1 saturated heterocycles. The minimum absolute atomic E-state index is 0.0635. The van der Waals surface area contributed by atoms with Crippen molar-refractivity contribution in [3.05, 3.63) is 29.3 Å². The van der Waals surface area contributed by atoms with Gasteiger partial charge in [0.05, 0.1) is 13.2 Å². The molecule has 0 amide bonds. The zero-order valence-corrected chi connectivity index (χ0v) is 11.4. The molecule has 2 rings (SSSR count). The highest BCUT2D eigenvalue weighted by molar-refractivity contribution is 5.57. The maximum Gasteiger partial charge on any atom is 0.133 e. The number of aliphatic hydroxyl groups excluding tert-OH is 1. The molecule has 1 fully saturated rings. The number of aryl methyl sites for hydroxylation is 1. The van der Waals surface area contributed by atoms with Crippen LogP contribution in [0.3, 0.4) is 0 Å². The molecule has 1 aliphatic heterocycles. The lowest BCUT2D eigenvalue weighted by Crippen LogP contribution is -2.40. The van der Waals surface area contributed by atoms with Crippen molar-refractivity contribution >= 4 is 12.0 Å². The van der Waals surface area contributed by atoms with Crippen molar-refractivity contribution in [3.63, 3.8) is 0 Å². The van der Waals surface area contributed by atoms with Gasteiger partial charge in [-0.1, -0.05) is 18.2 Å². The summed E-state index contributed by atoms with van der Waals surface area (Å²) in [6.07, 6.45) is 3.04. The number of aldehydes is 1. The topological polar surface area (TPSA) is 52.6 Å². The molecule has 0 radical (unpaired) electrons. The summed E-state index contributed by atoms with van der Waals surface area (Å²) in [5.41, 5.74) is 3.19. The number of rotatable bonds is 5. The molecule has 4 heteroatoms. The van der Waals surface area contributed by atoms with Gasteiger partial charge in [-0.25, -0.2) is 0 Å². The number of nitrogens with zero attached hydrogens (tertiary/aromatic N) is 1. The van der Waals surface area contributed by atoms with E-state index in [0.717, 1.165) is 43.5 Å². The van der Waals surface area contributed by atoms with E-state index in [0.29, 0.717) is 12.6 Å². The van der Waals surface area contributed by atoms with E-state index >= 15 is 0 Å². The van der Waals surface area contributed by atoms with Gasteiger partial charge >= 0.3 is 0 Å².